The molecule has 0 unspecified atom stereocenters. The van der Waals surface area contributed by atoms with E-state index >= 15 is 0 Å². The Morgan fingerprint density at radius 1 is 1.54 bits per heavy atom. The van der Waals surface area contributed by atoms with Gasteiger partial charge < -0.3 is 9.90 Å². The first-order chi connectivity index (χ1) is 5.61. The van der Waals surface area contributed by atoms with Crippen LogP contribution in [0.15, 0.2) is 18.2 Å². The standard InChI is InChI=1S/C7H4NO4.Y/c9-7(10)5-1-3-6(4-2-5)8(11)12;/h1,3-4H,(H,9,10);/q-1;. The Balaban J connectivity index is 0.00000144. The second-order valence-corrected chi connectivity index (χ2v) is 2.02. The molecule has 0 atom stereocenters. The van der Waals surface area contributed by atoms with Crippen LogP contribution in [0.2, 0.25) is 0 Å². The summed E-state index contributed by atoms with van der Waals surface area (Å²) >= 11 is 0. The van der Waals surface area contributed by atoms with Crippen LogP contribution in [0.25, 0.3) is 0 Å². The first kappa shape index (κ1) is 12.2. The van der Waals surface area contributed by atoms with Crippen molar-refractivity contribution >= 4 is 11.7 Å². The zero-order chi connectivity index (χ0) is 9.14. The third-order valence-electron chi connectivity index (χ3n) is 1.24. The van der Waals surface area contributed by atoms with Crippen LogP contribution >= 0.6 is 0 Å². The topological polar surface area (TPSA) is 80.4 Å². The molecule has 0 aliphatic rings. The van der Waals surface area contributed by atoms with Gasteiger partial charge in [-0.05, 0) is 0 Å². The molecule has 0 aromatic heterocycles. The van der Waals surface area contributed by atoms with E-state index in [1.54, 1.807) is 0 Å². The summed E-state index contributed by atoms with van der Waals surface area (Å²) in [5.41, 5.74) is -0.249. The molecule has 0 spiro atoms. The van der Waals surface area contributed by atoms with E-state index in [4.69, 9.17) is 5.11 Å². The quantitative estimate of drug-likeness (QED) is 0.487. The third-order valence-corrected chi connectivity index (χ3v) is 1.24. The van der Waals surface area contributed by atoms with Gasteiger partial charge in [-0.1, -0.05) is 17.7 Å². The van der Waals surface area contributed by atoms with E-state index in [0.717, 1.165) is 18.2 Å². The largest absolute Gasteiger partial charge is 0.521 e. The molecule has 1 aromatic carbocycles. The van der Waals surface area contributed by atoms with Gasteiger partial charge in [0, 0.05) is 37.6 Å². The second-order valence-electron chi connectivity index (χ2n) is 2.02. The molecule has 1 rings (SSSR count). The van der Waals surface area contributed by atoms with Crippen LogP contribution in [0, 0.1) is 16.2 Å². The molecule has 0 heterocycles. The number of hydrogen-bond donors (Lipinski definition) is 1. The molecule has 1 N–H and O–H groups in total. The smallest absolute Gasteiger partial charge is 0.247 e. The van der Waals surface area contributed by atoms with Gasteiger partial charge in [-0.2, -0.15) is 0 Å². The number of non-ortho nitro benzene ring substituents is 1. The molecule has 0 fully saturated rings. The summed E-state index contributed by atoms with van der Waals surface area (Å²) in [5.74, 6) is -1.15. The minimum atomic E-state index is -1.15. The number of hydrogen-bond acceptors (Lipinski definition) is 3. The summed E-state index contributed by atoms with van der Waals surface area (Å²) in [4.78, 5) is 19.8. The zero-order valence-electron chi connectivity index (χ0n) is 6.43. The molecule has 6 heteroatoms. The SMILES string of the molecule is O=C(O)c1[c-]cc([N+](=O)[O-])cc1.[Y]. The van der Waals surface area contributed by atoms with E-state index in [9.17, 15) is 14.9 Å². The zero-order valence-corrected chi connectivity index (χ0v) is 9.27. The van der Waals surface area contributed by atoms with E-state index in [2.05, 4.69) is 6.07 Å². The van der Waals surface area contributed by atoms with Crippen molar-refractivity contribution < 1.29 is 47.5 Å². The molecule has 13 heavy (non-hydrogen) atoms. The van der Waals surface area contributed by atoms with Crippen molar-refractivity contribution in [3.8, 4) is 0 Å². The summed E-state index contributed by atoms with van der Waals surface area (Å²) in [6.07, 6.45) is 0. The number of carboxylic acid groups (broad SMARTS) is 1. The Bertz CT molecular complexity index is 289. The number of carbonyl (C=O) groups is 1. The van der Waals surface area contributed by atoms with Crippen molar-refractivity contribution in [2.75, 3.05) is 0 Å². The fourth-order valence-electron chi connectivity index (χ4n) is 0.663. The van der Waals surface area contributed by atoms with Crippen LogP contribution in [-0.2, 0) is 32.7 Å². The number of rotatable bonds is 2. The van der Waals surface area contributed by atoms with Crippen LogP contribution in [-0.4, -0.2) is 16.0 Å². The van der Waals surface area contributed by atoms with Gasteiger partial charge in [0.1, 0.15) is 0 Å². The molecule has 5 nitrogen and oxygen atoms in total. The predicted molar refractivity (Wildman–Crippen MR) is 38.9 cm³/mol. The number of benzene rings is 1. The molecule has 1 radical (unpaired) electrons. The van der Waals surface area contributed by atoms with Crippen LogP contribution < -0.4 is 0 Å². The normalized spacial score (nSPS) is 8.62. The Hall–Kier alpha value is -0.806. The third kappa shape index (κ3) is 3.20. The summed E-state index contributed by atoms with van der Waals surface area (Å²) in [6, 6.07) is 5.57. The molecule has 0 saturated heterocycles. The van der Waals surface area contributed by atoms with Gasteiger partial charge in [0.2, 0.25) is 5.97 Å². The number of carboxylic acids is 1. The average molecular weight is 255 g/mol. The van der Waals surface area contributed by atoms with Gasteiger partial charge >= 0.3 is 0 Å². The Morgan fingerprint density at radius 2 is 2.15 bits per heavy atom. The van der Waals surface area contributed by atoms with Crippen molar-refractivity contribution in [3.63, 3.8) is 0 Å². The summed E-state index contributed by atoms with van der Waals surface area (Å²) < 4.78 is 0. The number of nitro groups is 1. The maximum absolute atomic E-state index is 10.3. The van der Waals surface area contributed by atoms with Gasteiger partial charge in [-0.25, -0.2) is 0 Å². The molecule has 1 aromatic rings. The summed E-state index contributed by atoms with van der Waals surface area (Å²) in [6.45, 7) is 0. The molecular formula is C7H4NO4Y-. The van der Waals surface area contributed by atoms with Crippen LogP contribution in [0.3, 0.4) is 0 Å². The predicted octanol–water partition coefficient (Wildman–Crippen LogP) is 1.09. The minimum absolute atomic E-state index is 0. The van der Waals surface area contributed by atoms with E-state index < -0.39 is 10.9 Å². The average Bonchev–Trinajstić information content (AvgIpc) is 2.04. The Kier molecular flexibility index (Phi) is 4.73. The fraction of sp³-hybridized carbons (Fsp3) is 0. The maximum Gasteiger partial charge on any atom is 0.247 e. The van der Waals surface area contributed by atoms with E-state index in [1.165, 1.54) is 0 Å². The van der Waals surface area contributed by atoms with Gasteiger partial charge in [0.25, 0.3) is 0 Å². The van der Waals surface area contributed by atoms with Crippen molar-refractivity contribution in [1.29, 1.82) is 0 Å². The van der Waals surface area contributed by atoms with Gasteiger partial charge in [-0.15, -0.1) is 12.1 Å². The molecular weight excluding hydrogens is 251 g/mol. The molecule has 0 aliphatic carbocycles. The summed E-state index contributed by atoms with van der Waals surface area (Å²) in [5, 5.41) is 18.5. The van der Waals surface area contributed by atoms with E-state index in [1.807, 2.05) is 0 Å². The van der Waals surface area contributed by atoms with Crippen molar-refractivity contribution in [2.24, 2.45) is 0 Å². The fourth-order valence-corrected chi connectivity index (χ4v) is 0.663. The second kappa shape index (κ2) is 5.04. The van der Waals surface area contributed by atoms with Crippen molar-refractivity contribution in [1.82, 2.24) is 0 Å². The molecule has 0 saturated carbocycles. The van der Waals surface area contributed by atoms with Crippen LogP contribution in [0.5, 0.6) is 0 Å². The number of nitrogens with zero attached hydrogens (tertiary/aromatic N) is 1. The molecule has 0 aliphatic heterocycles. The van der Waals surface area contributed by atoms with E-state index in [-0.39, 0.29) is 44.0 Å². The maximum atomic E-state index is 10.3. The monoisotopic (exact) mass is 255 g/mol. The molecule has 65 valence electrons. The number of aromatic carboxylic acids is 1. The van der Waals surface area contributed by atoms with Gasteiger partial charge in [0.05, 0.1) is 0 Å². The Morgan fingerprint density at radius 3 is 2.46 bits per heavy atom. The first-order valence-electron chi connectivity index (χ1n) is 3.00. The first-order valence-corrected chi connectivity index (χ1v) is 3.00. The molecule has 0 amide bonds. The van der Waals surface area contributed by atoms with Crippen molar-refractivity contribution in [3.05, 3.63) is 39.9 Å². The van der Waals surface area contributed by atoms with Crippen LogP contribution in [0.1, 0.15) is 10.4 Å². The summed E-state index contributed by atoms with van der Waals surface area (Å²) in [7, 11) is 0. The molecule has 0 bridgehead atoms. The Labute approximate surface area is 98.8 Å². The van der Waals surface area contributed by atoms with Gasteiger partial charge in [-0.3, -0.25) is 10.1 Å². The van der Waals surface area contributed by atoms with Crippen molar-refractivity contribution in [2.45, 2.75) is 0 Å². The minimum Gasteiger partial charge on any atom is -0.521 e. The number of nitro benzene ring substituents is 1. The van der Waals surface area contributed by atoms with Gasteiger partial charge in [0.15, 0.2) is 5.69 Å². The van der Waals surface area contributed by atoms with E-state index in [0.29, 0.717) is 0 Å². The van der Waals surface area contributed by atoms with Crippen LogP contribution in [0.4, 0.5) is 5.69 Å².